The topological polar surface area (TPSA) is 59.5 Å². The lowest BCUT2D eigenvalue weighted by atomic mass is 9.99. The lowest BCUT2D eigenvalue weighted by Crippen LogP contribution is -2.30. The Hall–Kier alpha value is -3.47. The van der Waals surface area contributed by atoms with Crippen LogP contribution in [-0.2, 0) is 22.5 Å². The molecule has 0 radical (unpaired) electrons. The molecule has 160 valence electrons. The minimum atomic E-state index is -0.255. The lowest BCUT2D eigenvalue weighted by molar-refractivity contribution is -0.142. The summed E-state index contributed by atoms with van der Waals surface area (Å²) >= 11 is 0. The Bertz CT molecular complexity index is 1050. The summed E-state index contributed by atoms with van der Waals surface area (Å²) < 4.78 is 5.06. The molecule has 2 aromatic carbocycles. The van der Waals surface area contributed by atoms with Crippen molar-refractivity contribution in [2.45, 2.75) is 33.7 Å². The first-order chi connectivity index (χ1) is 15.0. The van der Waals surface area contributed by atoms with Gasteiger partial charge in [-0.15, -0.1) is 0 Å². The van der Waals surface area contributed by atoms with Gasteiger partial charge in [0.15, 0.2) is 0 Å². The van der Waals surface area contributed by atoms with E-state index in [4.69, 9.17) is 4.74 Å². The number of amides is 1. The number of carbonyl (C=O) groups is 2. The SMILES string of the molecule is CCOC(=O)Cc1ccnc(-c2ccc(C)cc2CN(CC)C(=O)c2ccccc2)c1. The molecule has 31 heavy (non-hydrogen) atoms. The number of hydrogen-bond acceptors (Lipinski definition) is 4. The minimum absolute atomic E-state index is 0.000392. The zero-order valence-corrected chi connectivity index (χ0v) is 18.3. The average molecular weight is 417 g/mol. The van der Waals surface area contributed by atoms with E-state index in [1.165, 1.54) is 0 Å². The van der Waals surface area contributed by atoms with Gasteiger partial charge in [-0.25, -0.2) is 0 Å². The summed E-state index contributed by atoms with van der Waals surface area (Å²) in [5.41, 5.74) is 5.39. The smallest absolute Gasteiger partial charge is 0.310 e. The molecule has 0 unspecified atom stereocenters. The number of benzene rings is 2. The number of esters is 1. The second-order valence-electron chi connectivity index (χ2n) is 7.38. The summed E-state index contributed by atoms with van der Waals surface area (Å²) in [7, 11) is 0. The van der Waals surface area contributed by atoms with Crippen LogP contribution in [-0.4, -0.2) is 34.9 Å². The Labute approximate surface area is 183 Å². The minimum Gasteiger partial charge on any atom is -0.466 e. The summed E-state index contributed by atoms with van der Waals surface area (Å²) in [5, 5.41) is 0. The molecular weight excluding hydrogens is 388 g/mol. The van der Waals surface area contributed by atoms with Crippen LogP contribution in [0.2, 0.25) is 0 Å². The van der Waals surface area contributed by atoms with Crippen molar-refractivity contribution in [1.82, 2.24) is 9.88 Å². The van der Waals surface area contributed by atoms with Gasteiger partial charge < -0.3 is 9.64 Å². The molecule has 0 N–H and O–H groups in total. The molecule has 0 fully saturated rings. The number of aryl methyl sites for hydroxylation is 1. The molecule has 3 rings (SSSR count). The highest BCUT2D eigenvalue weighted by Crippen LogP contribution is 2.26. The van der Waals surface area contributed by atoms with E-state index in [2.05, 4.69) is 11.1 Å². The van der Waals surface area contributed by atoms with Gasteiger partial charge in [0.25, 0.3) is 5.91 Å². The van der Waals surface area contributed by atoms with E-state index in [1.54, 1.807) is 13.1 Å². The van der Waals surface area contributed by atoms with Gasteiger partial charge in [0.2, 0.25) is 0 Å². The van der Waals surface area contributed by atoms with Crippen molar-refractivity contribution in [1.29, 1.82) is 0 Å². The normalized spacial score (nSPS) is 10.5. The van der Waals surface area contributed by atoms with Crippen molar-refractivity contribution in [3.63, 3.8) is 0 Å². The van der Waals surface area contributed by atoms with E-state index < -0.39 is 0 Å². The van der Waals surface area contributed by atoms with Crippen molar-refractivity contribution >= 4 is 11.9 Å². The van der Waals surface area contributed by atoms with E-state index >= 15 is 0 Å². The van der Waals surface area contributed by atoms with Gasteiger partial charge in [0.05, 0.1) is 18.7 Å². The van der Waals surface area contributed by atoms with Gasteiger partial charge in [-0.2, -0.15) is 0 Å². The molecular formula is C26H28N2O3. The van der Waals surface area contributed by atoms with Crippen molar-refractivity contribution in [2.75, 3.05) is 13.2 Å². The second-order valence-corrected chi connectivity index (χ2v) is 7.38. The molecule has 1 aromatic heterocycles. The van der Waals surface area contributed by atoms with Crippen molar-refractivity contribution in [2.24, 2.45) is 0 Å². The Kier molecular flexibility index (Phi) is 7.55. The summed E-state index contributed by atoms with van der Waals surface area (Å²) in [6.07, 6.45) is 1.92. The fourth-order valence-corrected chi connectivity index (χ4v) is 3.51. The highest BCUT2D eigenvalue weighted by Gasteiger charge is 2.17. The van der Waals surface area contributed by atoms with Crippen LogP contribution in [0.15, 0.2) is 66.9 Å². The molecule has 0 aliphatic carbocycles. The van der Waals surface area contributed by atoms with Gasteiger partial charge in [-0.3, -0.25) is 14.6 Å². The largest absolute Gasteiger partial charge is 0.466 e. The van der Waals surface area contributed by atoms with Crippen LogP contribution in [0.4, 0.5) is 0 Å². The molecule has 0 atom stereocenters. The fourth-order valence-electron chi connectivity index (χ4n) is 3.51. The third kappa shape index (κ3) is 5.79. The zero-order valence-electron chi connectivity index (χ0n) is 18.3. The number of hydrogen-bond donors (Lipinski definition) is 0. The number of aromatic nitrogens is 1. The van der Waals surface area contributed by atoms with Crippen molar-refractivity contribution < 1.29 is 14.3 Å². The van der Waals surface area contributed by atoms with E-state index in [-0.39, 0.29) is 18.3 Å². The van der Waals surface area contributed by atoms with Crippen LogP contribution in [0.25, 0.3) is 11.3 Å². The molecule has 0 aliphatic heterocycles. The predicted octanol–water partition coefficient (Wildman–Crippen LogP) is 4.82. The van der Waals surface area contributed by atoms with Crippen LogP contribution in [0.3, 0.4) is 0 Å². The third-order valence-electron chi connectivity index (χ3n) is 5.07. The first-order valence-corrected chi connectivity index (χ1v) is 10.6. The number of nitrogens with zero attached hydrogens (tertiary/aromatic N) is 2. The van der Waals surface area contributed by atoms with E-state index in [9.17, 15) is 9.59 Å². The van der Waals surface area contributed by atoms with Crippen LogP contribution >= 0.6 is 0 Å². The summed E-state index contributed by atoms with van der Waals surface area (Å²) in [6.45, 7) is 7.25. The van der Waals surface area contributed by atoms with Gasteiger partial charge in [-0.05, 0) is 56.2 Å². The molecule has 5 nitrogen and oxygen atoms in total. The van der Waals surface area contributed by atoms with E-state index in [0.717, 1.165) is 27.9 Å². The highest BCUT2D eigenvalue weighted by atomic mass is 16.5. The van der Waals surface area contributed by atoms with Crippen LogP contribution in [0.5, 0.6) is 0 Å². The Morgan fingerprint density at radius 1 is 1.00 bits per heavy atom. The maximum absolute atomic E-state index is 13.0. The maximum Gasteiger partial charge on any atom is 0.310 e. The quantitative estimate of drug-likeness (QED) is 0.494. The molecule has 0 saturated heterocycles. The van der Waals surface area contributed by atoms with Gasteiger partial charge >= 0.3 is 5.97 Å². The van der Waals surface area contributed by atoms with Crippen LogP contribution < -0.4 is 0 Å². The molecule has 1 heterocycles. The predicted molar refractivity (Wildman–Crippen MR) is 122 cm³/mol. The molecule has 0 spiro atoms. The average Bonchev–Trinajstić information content (AvgIpc) is 2.78. The van der Waals surface area contributed by atoms with E-state index in [1.807, 2.05) is 73.3 Å². The van der Waals surface area contributed by atoms with Crippen molar-refractivity contribution in [3.8, 4) is 11.3 Å². The number of pyridine rings is 1. The third-order valence-corrected chi connectivity index (χ3v) is 5.07. The van der Waals surface area contributed by atoms with Gasteiger partial charge in [0, 0.05) is 30.4 Å². The number of carbonyl (C=O) groups excluding carboxylic acids is 2. The molecule has 0 bridgehead atoms. The summed E-state index contributed by atoms with van der Waals surface area (Å²) in [6, 6.07) is 19.2. The molecule has 5 heteroatoms. The standard InChI is InChI=1S/C26H28N2O3/c1-4-28(26(30)21-9-7-6-8-10-21)18-22-15-19(3)11-12-23(22)24-16-20(13-14-27-24)17-25(29)31-5-2/h6-16H,4-5,17-18H2,1-3H3. The summed E-state index contributed by atoms with van der Waals surface area (Å²) in [4.78, 5) is 31.3. The zero-order chi connectivity index (χ0) is 22.2. The molecule has 0 saturated carbocycles. The highest BCUT2D eigenvalue weighted by molar-refractivity contribution is 5.94. The van der Waals surface area contributed by atoms with Gasteiger partial charge in [-0.1, -0.05) is 42.0 Å². The molecule has 3 aromatic rings. The maximum atomic E-state index is 13.0. The van der Waals surface area contributed by atoms with Crippen LogP contribution in [0.1, 0.15) is 40.9 Å². The first-order valence-electron chi connectivity index (χ1n) is 10.6. The number of ether oxygens (including phenoxy) is 1. The Morgan fingerprint density at radius 3 is 2.48 bits per heavy atom. The fraction of sp³-hybridized carbons (Fsp3) is 0.269. The first kappa shape index (κ1) is 22.2. The second kappa shape index (κ2) is 10.5. The summed E-state index contributed by atoms with van der Waals surface area (Å²) in [5.74, 6) is -0.256. The Balaban J connectivity index is 1.90. The van der Waals surface area contributed by atoms with Gasteiger partial charge in [0.1, 0.15) is 0 Å². The lowest BCUT2D eigenvalue weighted by Gasteiger charge is -2.23. The van der Waals surface area contributed by atoms with E-state index in [0.29, 0.717) is 25.3 Å². The Morgan fingerprint density at radius 2 is 1.77 bits per heavy atom. The molecule has 0 aliphatic rings. The molecule has 1 amide bonds. The van der Waals surface area contributed by atoms with Crippen LogP contribution in [0, 0.1) is 6.92 Å². The van der Waals surface area contributed by atoms with Crippen molar-refractivity contribution in [3.05, 3.63) is 89.1 Å². The monoisotopic (exact) mass is 416 g/mol. The number of rotatable bonds is 8.